The highest BCUT2D eigenvalue weighted by molar-refractivity contribution is 7.89. The fourth-order valence-corrected chi connectivity index (χ4v) is 4.40. The van der Waals surface area contributed by atoms with E-state index in [-0.39, 0.29) is 16.5 Å². The monoisotopic (exact) mass is 384 g/mol. The van der Waals surface area contributed by atoms with Gasteiger partial charge in [-0.15, -0.1) is 0 Å². The SMILES string of the molecule is CCOCCCNc1ccc(S(=O)(=O)NC2CCCCC2)cc1C(=O)O. The van der Waals surface area contributed by atoms with E-state index in [1.807, 2.05) is 6.92 Å². The van der Waals surface area contributed by atoms with Crippen LogP contribution in [0.4, 0.5) is 5.69 Å². The molecule has 3 N–H and O–H groups in total. The second-order valence-electron chi connectivity index (χ2n) is 6.45. The van der Waals surface area contributed by atoms with E-state index >= 15 is 0 Å². The Bertz CT molecular complexity index is 700. The summed E-state index contributed by atoms with van der Waals surface area (Å²) in [6.07, 6.45) is 5.53. The predicted molar refractivity (Wildman–Crippen MR) is 100 cm³/mol. The summed E-state index contributed by atoms with van der Waals surface area (Å²) in [6.45, 7) is 3.69. The molecule has 0 saturated heterocycles. The summed E-state index contributed by atoms with van der Waals surface area (Å²) in [4.78, 5) is 11.5. The maximum atomic E-state index is 12.6. The van der Waals surface area contributed by atoms with Crippen LogP contribution < -0.4 is 10.0 Å². The van der Waals surface area contributed by atoms with Gasteiger partial charge in [0.1, 0.15) is 0 Å². The Morgan fingerprint density at radius 3 is 2.65 bits per heavy atom. The number of sulfonamides is 1. The fraction of sp³-hybridized carbons (Fsp3) is 0.611. The minimum absolute atomic E-state index is 0.0136. The van der Waals surface area contributed by atoms with Crippen molar-refractivity contribution >= 4 is 21.7 Å². The van der Waals surface area contributed by atoms with Crippen LogP contribution in [-0.4, -0.2) is 45.3 Å². The van der Waals surface area contributed by atoms with Crippen LogP contribution in [0, 0.1) is 0 Å². The number of hydrogen-bond acceptors (Lipinski definition) is 5. The topological polar surface area (TPSA) is 105 Å². The van der Waals surface area contributed by atoms with Crippen molar-refractivity contribution in [2.45, 2.75) is 56.4 Å². The van der Waals surface area contributed by atoms with Gasteiger partial charge in [-0.05, 0) is 44.4 Å². The Balaban J connectivity index is 2.09. The van der Waals surface area contributed by atoms with Crippen molar-refractivity contribution in [3.8, 4) is 0 Å². The fourth-order valence-electron chi connectivity index (χ4n) is 3.07. The molecule has 0 unspecified atom stereocenters. The van der Waals surface area contributed by atoms with Crippen LogP contribution in [0.15, 0.2) is 23.1 Å². The zero-order valence-corrected chi connectivity index (χ0v) is 16.0. The molecule has 0 aliphatic heterocycles. The zero-order valence-electron chi connectivity index (χ0n) is 15.2. The molecular formula is C18H28N2O5S. The maximum Gasteiger partial charge on any atom is 0.337 e. The molecule has 0 bridgehead atoms. The normalized spacial score (nSPS) is 15.7. The van der Waals surface area contributed by atoms with E-state index in [4.69, 9.17) is 4.74 Å². The molecule has 1 saturated carbocycles. The van der Waals surface area contributed by atoms with E-state index in [0.717, 1.165) is 38.5 Å². The van der Waals surface area contributed by atoms with Crippen molar-refractivity contribution in [3.63, 3.8) is 0 Å². The number of aromatic carboxylic acids is 1. The van der Waals surface area contributed by atoms with Gasteiger partial charge >= 0.3 is 5.97 Å². The molecule has 26 heavy (non-hydrogen) atoms. The van der Waals surface area contributed by atoms with Gasteiger partial charge in [0.25, 0.3) is 0 Å². The third-order valence-corrected chi connectivity index (χ3v) is 5.96. The van der Waals surface area contributed by atoms with Crippen LogP contribution in [0.2, 0.25) is 0 Å². The molecule has 0 heterocycles. The lowest BCUT2D eigenvalue weighted by Gasteiger charge is -2.22. The maximum absolute atomic E-state index is 12.6. The smallest absolute Gasteiger partial charge is 0.337 e. The molecule has 0 aromatic heterocycles. The lowest BCUT2D eigenvalue weighted by Crippen LogP contribution is -2.36. The molecule has 1 fully saturated rings. The molecule has 0 atom stereocenters. The van der Waals surface area contributed by atoms with Gasteiger partial charge in [0.05, 0.1) is 10.5 Å². The number of benzene rings is 1. The van der Waals surface area contributed by atoms with Gasteiger partial charge in [0.15, 0.2) is 0 Å². The number of rotatable bonds is 10. The minimum atomic E-state index is -3.73. The number of carboxylic acids is 1. The largest absolute Gasteiger partial charge is 0.478 e. The number of carbonyl (C=O) groups is 1. The van der Waals surface area contributed by atoms with Crippen molar-refractivity contribution in [1.82, 2.24) is 4.72 Å². The highest BCUT2D eigenvalue weighted by Gasteiger charge is 2.23. The van der Waals surface area contributed by atoms with Crippen molar-refractivity contribution in [3.05, 3.63) is 23.8 Å². The second-order valence-corrected chi connectivity index (χ2v) is 8.16. The number of carboxylic acid groups (broad SMARTS) is 1. The Morgan fingerprint density at radius 2 is 2.00 bits per heavy atom. The number of anilines is 1. The van der Waals surface area contributed by atoms with Crippen LogP contribution in [0.25, 0.3) is 0 Å². The molecule has 2 rings (SSSR count). The lowest BCUT2D eigenvalue weighted by molar-refractivity contribution is 0.0697. The van der Waals surface area contributed by atoms with Gasteiger partial charge in [-0.1, -0.05) is 19.3 Å². The predicted octanol–water partition coefficient (Wildman–Crippen LogP) is 2.83. The second kappa shape index (κ2) is 9.89. The molecule has 146 valence electrons. The van der Waals surface area contributed by atoms with Gasteiger partial charge in [0.2, 0.25) is 10.0 Å². The molecule has 1 aromatic rings. The third-order valence-electron chi connectivity index (χ3n) is 4.44. The number of hydrogen-bond donors (Lipinski definition) is 3. The summed E-state index contributed by atoms with van der Waals surface area (Å²) in [5.74, 6) is -1.16. The van der Waals surface area contributed by atoms with E-state index in [1.54, 1.807) is 0 Å². The lowest BCUT2D eigenvalue weighted by atomic mass is 9.96. The summed E-state index contributed by atoms with van der Waals surface area (Å²) in [7, 11) is -3.73. The number of nitrogens with one attached hydrogen (secondary N) is 2. The van der Waals surface area contributed by atoms with Crippen LogP contribution in [0.1, 0.15) is 55.8 Å². The Hall–Kier alpha value is -1.64. The van der Waals surface area contributed by atoms with Crippen molar-refractivity contribution in [2.75, 3.05) is 25.1 Å². The summed E-state index contributed by atoms with van der Waals surface area (Å²) < 4.78 is 33.1. The molecule has 8 heteroatoms. The van der Waals surface area contributed by atoms with E-state index < -0.39 is 16.0 Å². The minimum Gasteiger partial charge on any atom is -0.478 e. The Kier molecular flexibility index (Phi) is 7.86. The molecule has 0 spiro atoms. The quantitative estimate of drug-likeness (QED) is 0.536. The third kappa shape index (κ3) is 5.96. The zero-order chi connectivity index (χ0) is 19.0. The highest BCUT2D eigenvalue weighted by atomic mass is 32.2. The van der Waals surface area contributed by atoms with Gasteiger partial charge in [0, 0.05) is 31.5 Å². The summed E-state index contributed by atoms with van der Waals surface area (Å²) in [5, 5.41) is 12.5. The first-order valence-corrected chi connectivity index (χ1v) is 10.6. The Morgan fingerprint density at radius 1 is 1.27 bits per heavy atom. The summed E-state index contributed by atoms with van der Waals surface area (Å²) >= 11 is 0. The van der Waals surface area contributed by atoms with E-state index in [9.17, 15) is 18.3 Å². The molecule has 1 aromatic carbocycles. The molecule has 0 radical (unpaired) electrons. The van der Waals surface area contributed by atoms with E-state index in [0.29, 0.717) is 25.4 Å². The van der Waals surface area contributed by atoms with Crippen molar-refractivity contribution in [2.24, 2.45) is 0 Å². The Labute approximate surface area is 155 Å². The molecule has 1 aliphatic rings. The number of ether oxygens (including phenoxy) is 1. The van der Waals surface area contributed by atoms with E-state index in [2.05, 4.69) is 10.0 Å². The average molecular weight is 384 g/mol. The van der Waals surface area contributed by atoms with Gasteiger partial charge in [-0.2, -0.15) is 0 Å². The first-order chi connectivity index (χ1) is 12.4. The van der Waals surface area contributed by atoms with Crippen molar-refractivity contribution in [1.29, 1.82) is 0 Å². The van der Waals surface area contributed by atoms with Gasteiger partial charge < -0.3 is 15.2 Å². The standard InChI is InChI=1S/C18H28N2O5S/c1-2-25-12-6-11-19-17-10-9-15(13-16(17)18(21)22)26(23,24)20-14-7-4-3-5-8-14/h9-10,13-14,19-20H,2-8,11-12H2,1H3,(H,21,22). The molecule has 7 nitrogen and oxygen atoms in total. The summed E-state index contributed by atoms with van der Waals surface area (Å²) in [5.41, 5.74) is 0.360. The highest BCUT2D eigenvalue weighted by Crippen LogP contribution is 2.23. The summed E-state index contributed by atoms with van der Waals surface area (Å²) in [6, 6.07) is 4.11. The van der Waals surface area contributed by atoms with Crippen LogP contribution >= 0.6 is 0 Å². The van der Waals surface area contributed by atoms with Crippen LogP contribution in [-0.2, 0) is 14.8 Å². The van der Waals surface area contributed by atoms with Crippen molar-refractivity contribution < 1.29 is 23.1 Å². The van der Waals surface area contributed by atoms with Gasteiger partial charge in [-0.3, -0.25) is 0 Å². The van der Waals surface area contributed by atoms with Crippen LogP contribution in [0.5, 0.6) is 0 Å². The molecular weight excluding hydrogens is 356 g/mol. The van der Waals surface area contributed by atoms with E-state index in [1.165, 1.54) is 18.2 Å². The van der Waals surface area contributed by atoms with Gasteiger partial charge in [-0.25, -0.2) is 17.9 Å². The first kappa shape index (κ1) is 20.7. The average Bonchev–Trinajstić information content (AvgIpc) is 2.62. The van der Waals surface area contributed by atoms with Crippen LogP contribution in [0.3, 0.4) is 0 Å². The molecule has 0 amide bonds. The first-order valence-electron chi connectivity index (χ1n) is 9.15. The molecule has 1 aliphatic carbocycles.